The second-order valence-corrected chi connectivity index (χ2v) is 6.62. The number of rotatable bonds is 8. The van der Waals surface area contributed by atoms with Crippen LogP contribution in [0.25, 0.3) is 0 Å². The largest absolute Gasteiger partial charge is 0.489 e. The summed E-state index contributed by atoms with van der Waals surface area (Å²) in [6.45, 7) is 0.993. The average molecular weight is 399 g/mol. The number of carbonyl (C=O) groups excluding carboxylic acids is 1. The molecule has 0 unspecified atom stereocenters. The Balaban J connectivity index is 1.32. The van der Waals surface area contributed by atoms with Crippen molar-refractivity contribution in [1.29, 1.82) is 0 Å². The number of aromatic nitrogens is 1. The first-order chi connectivity index (χ1) is 14.8. The van der Waals surface area contributed by atoms with Crippen molar-refractivity contribution in [3.63, 3.8) is 0 Å². The van der Waals surface area contributed by atoms with Crippen LogP contribution < -0.4 is 15.4 Å². The standard InChI is InChI=1S/C24H21N3O3/c28-24(19-12-13-25-23(15-19)26-16-22-7-4-14-29-22)27-20-8-10-21(11-9-20)30-17-18-5-2-1-3-6-18/h1-15H,16-17H2,(H,25,26)(H,27,28). The van der Waals surface area contributed by atoms with E-state index >= 15 is 0 Å². The van der Waals surface area contributed by atoms with Crippen LogP contribution in [0.15, 0.2) is 95.7 Å². The third-order valence-corrected chi connectivity index (χ3v) is 4.41. The summed E-state index contributed by atoms with van der Waals surface area (Å²) in [5.74, 6) is 1.92. The molecule has 30 heavy (non-hydrogen) atoms. The fraction of sp³-hybridized carbons (Fsp3) is 0.0833. The zero-order valence-corrected chi connectivity index (χ0v) is 16.2. The quantitative estimate of drug-likeness (QED) is 0.430. The minimum atomic E-state index is -0.212. The lowest BCUT2D eigenvalue weighted by Crippen LogP contribution is -2.12. The summed E-state index contributed by atoms with van der Waals surface area (Å²) in [6, 6.07) is 24.3. The maximum absolute atomic E-state index is 12.6. The Kier molecular flexibility index (Phi) is 6.05. The van der Waals surface area contributed by atoms with E-state index in [0.717, 1.165) is 17.1 Å². The minimum Gasteiger partial charge on any atom is -0.489 e. The van der Waals surface area contributed by atoms with Gasteiger partial charge >= 0.3 is 0 Å². The molecule has 0 spiro atoms. The summed E-state index contributed by atoms with van der Waals surface area (Å²) >= 11 is 0. The lowest BCUT2D eigenvalue weighted by Gasteiger charge is -2.09. The molecule has 2 aromatic carbocycles. The van der Waals surface area contributed by atoms with Crippen molar-refractivity contribution >= 4 is 17.4 Å². The van der Waals surface area contributed by atoms with Crippen molar-refractivity contribution < 1.29 is 13.9 Å². The number of hydrogen-bond acceptors (Lipinski definition) is 5. The van der Waals surface area contributed by atoms with Crippen LogP contribution in [-0.2, 0) is 13.2 Å². The number of furan rings is 1. The Morgan fingerprint density at radius 1 is 0.967 bits per heavy atom. The molecule has 2 N–H and O–H groups in total. The molecule has 2 heterocycles. The SMILES string of the molecule is O=C(Nc1ccc(OCc2ccccc2)cc1)c1ccnc(NCc2ccco2)c1. The zero-order chi connectivity index (χ0) is 20.6. The van der Waals surface area contributed by atoms with Gasteiger partial charge in [0.1, 0.15) is 23.9 Å². The second kappa shape index (κ2) is 9.43. The van der Waals surface area contributed by atoms with E-state index in [4.69, 9.17) is 9.15 Å². The van der Waals surface area contributed by atoms with Gasteiger partial charge in [-0.15, -0.1) is 0 Å². The molecule has 0 aliphatic carbocycles. The molecular formula is C24H21N3O3. The van der Waals surface area contributed by atoms with Crippen LogP contribution in [0.4, 0.5) is 11.5 Å². The van der Waals surface area contributed by atoms with Crippen LogP contribution in [0, 0.1) is 0 Å². The fourth-order valence-corrected chi connectivity index (χ4v) is 2.84. The van der Waals surface area contributed by atoms with E-state index in [1.54, 1.807) is 24.6 Å². The third kappa shape index (κ3) is 5.26. The molecule has 0 fully saturated rings. The number of nitrogens with one attached hydrogen (secondary N) is 2. The van der Waals surface area contributed by atoms with Gasteiger partial charge in [-0.05, 0) is 54.1 Å². The summed E-state index contributed by atoms with van der Waals surface area (Å²) in [4.78, 5) is 16.8. The number of carbonyl (C=O) groups is 1. The molecule has 150 valence electrons. The molecular weight excluding hydrogens is 378 g/mol. The lowest BCUT2D eigenvalue weighted by atomic mass is 10.2. The predicted molar refractivity (Wildman–Crippen MR) is 115 cm³/mol. The van der Waals surface area contributed by atoms with E-state index in [2.05, 4.69) is 15.6 Å². The van der Waals surface area contributed by atoms with Gasteiger partial charge in [-0.25, -0.2) is 4.98 Å². The van der Waals surface area contributed by atoms with Gasteiger partial charge in [-0.3, -0.25) is 4.79 Å². The molecule has 4 rings (SSSR count). The van der Waals surface area contributed by atoms with E-state index in [1.165, 1.54) is 0 Å². The van der Waals surface area contributed by atoms with E-state index in [-0.39, 0.29) is 5.91 Å². The predicted octanol–water partition coefficient (Wildman–Crippen LogP) is 5.12. The number of benzene rings is 2. The van der Waals surface area contributed by atoms with Gasteiger partial charge in [0.25, 0.3) is 5.91 Å². The highest BCUT2D eigenvalue weighted by Gasteiger charge is 2.08. The second-order valence-electron chi connectivity index (χ2n) is 6.62. The van der Waals surface area contributed by atoms with Crippen molar-refractivity contribution in [3.8, 4) is 5.75 Å². The summed E-state index contributed by atoms with van der Waals surface area (Å²) in [6.07, 6.45) is 3.21. The highest BCUT2D eigenvalue weighted by molar-refractivity contribution is 6.04. The van der Waals surface area contributed by atoms with E-state index in [9.17, 15) is 4.79 Å². The monoisotopic (exact) mass is 399 g/mol. The molecule has 0 aliphatic heterocycles. The van der Waals surface area contributed by atoms with Gasteiger partial charge in [0.15, 0.2) is 0 Å². The molecule has 0 atom stereocenters. The fourth-order valence-electron chi connectivity index (χ4n) is 2.84. The van der Waals surface area contributed by atoms with Crippen LogP contribution in [0.3, 0.4) is 0 Å². The van der Waals surface area contributed by atoms with Crippen molar-refractivity contribution in [1.82, 2.24) is 4.98 Å². The van der Waals surface area contributed by atoms with Gasteiger partial charge in [-0.2, -0.15) is 0 Å². The maximum atomic E-state index is 12.6. The molecule has 6 nitrogen and oxygen atoms in total. The molecule has 0 saturated heterocycles. The Morgan fingerprint density at radius 2 is 1.80 bits per heavy atom. The lowest BCUT2D eigenvalue weighted by molar-refractivity contribution is 0.102. The van der Waals surface area contributed by atoms with Crippen molar-refractivity contribution in [2.75, 3.05) is 10.6 Å². The smallest absolute Gasteiger partial charge is 0.255 e. The maximum Gasteiger partial charge on any atom is 0.255 e. The highest BCUT2D eigenvalue weighted by atomic mass is 16.5. The summed E-state index contributed by atoms with van der Waals surface area (Å²) in [5, 5.41) is 6.03. The van der Waals surface area contributed by atoms with Gasteiger partial charge in [0.2, 0.25) is 0 Å². The van der Waals surface area contributed by atoms with E-state index in [0.29, 0.717) is 30.2 Å². The number of amides is 1. The number of hydrogen-bond donors (Lipinski definition) is 2. The van der Waals surface area contributed by atoms with Crippen LogP contribution in [0.5, 0.6) is 5.75 Å². The summed E-state index contributed by atoms with van der Waals surface area (Å²) < 4.78 is 11.1. The number of ether oxygens (including phenoxy) is 1. The molecule has 2 aromatic heterocycles. The Labute approximate surface area is 174 Å². The van der Waals surface area contributed by atoms with Crippen molar-refractivity contribution in [2.45, 2.75) is 13.2 Å². The summed E-state index contributed by atoms with van der Waals surface area (Å²) in [5.41, 5.74) is 2.30. The average Bonchev–Trinajstić information content (AvgIpc) is 3.32. The molecule has 4 aromatic rings. The topological polar surface area (TPSA) is 76.4 Å². The number of anilines is 2. The van der Waals surface area contributed by atoms with Gasteiger partial charge < -0.3 is 19.8 Å². The molecule has 0 saturated carbocycles. The first-order valence-electron chi connectivity index (χ1n) is 9.57. The molecule has 0 bridgehead atoms. The van der Waals surface area contributed by atoms with Crippen LogP contribution >= 0.6 is 0 Å². The first kappa shape index (κ1) is 19.3. The highest BCUT2D eigenvalue weighted by Crippen LogP contribution is 2.18. The van der Waals surface area contributed by atoms with Crippen molar-refractivity contribution in [2.24, 2.45) is 0 Å². The molecule has 1 amide bonds. The molecule has 0 aliphatic rings. The number of nitrogens with zero attached hydrogens (tertiary/aromatic N) is 1. The molecule has 6 heteroatoms. The molecule has 0 radical (unpaired) electrons. The van der Waals surface area contributed by atoms with Gasteiger partial charge in [-0.1, -0.05) is 30.3 Å². The Morgan fingerprint density at radius 3 is 2.57 bits per heavy atom. The van der Waals surface area contributed by atoms with Crippen LogP contribution in [0.1, 0.15) is 21.7 Å². The summed E-state index contributed by atoms with van der Waals surface area (Å²) in [7, 11) is 0. The minimum absolute atomic E-state index is 0.212. The Hall–Kier alpha value is -4.06. The van der Waals surface area contributed by atoms with Crippen LogP contribution in [-0.4, -0.2) is 10.9 Å². The van der Waals surface area contributed by atoms with Gasteiger partial charge in [0.05, 0.1) is 12.8 Å². The first-order valence-corrected chi connectivity index (χ1v) is 9.57. The van der Waals surface area contributed by atoms with Crippen molar-refractivity contribution in [3.05, 3.63) is 108 Å². The Bertz CT molecular complexity index is 1080. The normalized spacial score (nSPS) is 10.4. The zero-order valence-electron chi connectivity index (χ0n) is 16.2. The van der Waals surface area contributed by atoms with Crippen LogP contribution in [0.2, 0.25) is 0 Å². The van der Waals surface area contributed by atoms with Gasteiger partial charge in [0, 0.05) is 17.4 Å². The van der Waals surface area contributed by atoms with E-state index < -0.39 is 0 Å². The number of pyridine rings is 1. The third-order valence-electron chi connectivity index (χ3n) is 4.41. The van der Waals surface area contributed by atoms with E-state index in [1.807, 2.05) is 66.7 Å².